The molecule has 0 heterocycles. The lowest BCUT2D eigenvalue weighted by atomic mass is 9.96. The zero-order chi connectivity index (χ0) is 25.4. The molecular formula is C26H50O8. The zero-order valence-corrected chi connectivity index (χ0v) is 22.1. The van der Waals surface area contributed by atoms with E-state index < -0.39 is 30.3 Å². The molecule has 0 rings (SSSR count). The van der Waals surface area contributed by atoms with E-state index in [2.05, 4.69) is 13.8 Å². The molecule has 0 aromatic heterocycles. The molecule has 0 aromatic carbocycles. The summed E-state index contributed by atoms with van der Waals surface area (Å²) in [5.41, 5.74) is 0. The van der Waals surface area contributed by atoms with Gasteiger partial charge in [-0.25, -0.2) is 0 Å². The maximum atomic E-state index is 12.7. The zero-order valence-electron chi connectivity index (χ0n) is 22.1. The second kappa shape index (κ2) is 23.5. The van der Waals surface area contributed by atoms with Crippen LogP contribution in [0.15, 0.2) is 0 Å². The molecule has 202 valence electrons. The molecule has 0 aromatic rings. The topological polar surface area (TPSA) is 101 Å². The highest BCUT2D eigenvalue weighted by atomic mass is 16.7. The molecule has 34 heavy (non-hydrogen) atoms. The van der Waals surface area contributed by atoms with Crippen LogP contribution in [0.5, 0.6) is 0 Å². The van der Waals surface area contributed by atoms with Crippen molar-refractivity contribution in [2.45, 2.75) is 111 Å². The molecule has 1 N–H and O–H groups in total. The Hall–Kier alpha value is -1.22. The van der Waals surface area contributed by atoms with Crippen LogP contribution >= 0.6 is 0 Å². The van der Waals surface area contributed by atoms with E-state index in [1.165, 1.54) is 32.1 Å². The summed E-state index contributed by atoms with van der Waals surface area (Å²) in [6, 6.07) is 0. The number of carboxylic acids is 1. The number of esters is 1. The second-order valence-electron chi connectivity index (χ2n) is 8.69. The van der Waals surface area contributed by atoms with Crippen molar-refractivity contribution in [1.82, 2.24) is 0 Å². The average Bonchev–Trinajstić information content (AvgIpc) is 2.79. The molecular weight excluding hydrogens is 440 g/mol. The summed E-state index contributed by atoms with van der Waals surface area (Å²) >= 11 is 0. The van der Waals surface area contributed by atoms with Crippen molar-refractivity contribution in [1.29, 1.82) is 0 Å². The van der Waals surface area contributed by atoms with E-state index >= 15 is 0 Å². The Morgan fingerprint density at radius 3 is 1.79 bits per heavy atom. The van der Waals surface area contributed by atoms with E-state index in [0.717, 1.165) is 19.3 Å². The van der Waals surface area contributed by atoms with Crippen LogP contribution in [0.4, 0.5) is 0 Å². The quantitative estimate of drug-likeness (QED) is 0.104. The van der Waals surface area contributed by atoms with Gasteiger partial charge >= 0.3 is 11.9 Å². The minimum atomic E-state index is -0.886. The highest BCUT2D eigenvalue weighted by Gasteiger charge is 2.28. The number of hydrogen-bond acceptors (Lipinski definition) is 7. The van der Waals surface area contributed by atoms with Gasteiger partial charge in [0.15, 0.2) is 6.29 Å². The molecule has 0 saturated heterocycles. The van der Waals surface area contributed by atoms with Gasteiger partial charge in [-0.2, -0.15) is 0 Å². The van der Waals surface area contributed by atoms with E-state index in [0.29, 0.717) is 52.5 Å². The molecule has 8 heteroatoms. The number of hydrogen-bond donors (Lipinski definition) is 1. The van der Waals surface area contributed by atoms with Gasteiger partial charge in [-0.3, -0.25) is 9.59 Å². The first-order valence-electron chi connectivity index (χ1n) is 13.2. The molecule has 3 unspecified atom stereocenters. The van der Waals surface area contributed by atoms with Gasteiger partial charge in [0.2, 0.25) is 0 Å². The molecule has 0 aliphatic carbocycles. The normalized spacial score (nSPS) is 14.0. The van der Waals surface area contributed by atoms with E-state index in [9.17, 15) is 9.59 Å². The van der Waals surface area contributed by atoms with E-state index in [4.69, 9.17) is 28.8 Å². The Labute approximate surface area is 207 Å². The monoisotopic (exact) mass is 490 g/mol. The molecule has 8 nitrogen and oxygen atoms in total. The average molecular weight is 491 g/mol. The van der Waals surface area contributed by atoms with Crippen molar-refractivity contribution in [2.75, 3.05) is 39.6 Å². The smallest absolute Gasteiger partial charge is 0.313 e. The van der Waals surface area contributed by atoms with Crippen molar-refractivity contribution in [3.63, 3.8) is 0 Å². The maximum absolute atomic E-state index is 12.7. The lowest BCUT2D eigenvalue weighted by molar-refractivity contribution is -0.186. The molecule has 0 saturated carbocycles. The first-order chi connectivity index (χ1) is 16.4. The third-order valence-electron chi connectivity index (χ3n) is 5.53. The lowest BCUT2D eigenvalue weighted by Crippen LogP contribution is -2.33. The van der Waals surface area contributed by atoms with E-state index in [1.807, 2.05) is 6.92 Å². The van der Waals surface area contributed by atoms with Crippen LogP contribution < -0.4 is 0 Å². The molecule has 0 spiro atoms. The van der Waals surface area contributed by atoms with Gasteiger partial charge in [0.25, 0.3) is 0 Å². The second-order valence-corrected chi connectivity index (χ2v) is 8.69. The molecule has 0 amide bonds. The standard InChI is InChI=1S/C26H50O8/c1-5-7-9-11-16-30-18-20-32-22(3)24(14-13-15-25(27)28)26(29)34-23(4)33-21-19-31-17-12-10-8-6-2/h22-24H,5-21H2,1-4H3,(H,27,28). The van der Waals surface area contributed by atoms with Crippen molar-refractivity contribution in [3.8, 4) is 0 Å². The van der Waals surface area contributed by atoms with Gasteiger partial charge in [-0.15, -0.1) is 0 Å². The summed E-state index contributed by atoms with van der Waals surface area (Å²) in [4.78, 5) is 23.6. The summed E-state index contributed by atoms with van der Waals surface area (Å²) in [5.74, 6) is -1.89. The SMILES string of the molecule is CCCCCCOCCOC(C)OC(=O)C(CCCC(=O)O)C(C)OCCOCCCCCC. The first-order valence-corrected chi connectivity index (χ1v) is 13.2. The third-order valence-corrected chi connectivity index (χ3v) is 5.53. The van der Waals surface area contributed by atoms with Crippen molar-refractivity contribution < 1.29 is 38.4 Å². The first kappa shape index (κ1) is 32.8. The van der Waals surface area contributed by atoms with Crippen molar-refractivity contribution in [2.24, 2.45) is 5.92 Å². The Kier molecular flexibility index (Phi) is 22.7. The minimum absolute atomic E-state index is 0.000973. The van der Waals surface area contributed by atoms with Crippen LogP contribution in [-0.4, -0.2) is 69.1 Å². The van der Waals surface area contributed by atoms with Crippen LogP contribution in [0.2, 0.25) is 0 Å². The third kappa shape index (κ3) is 20.2. The summed E-state index contributed by atoms with van der Waals surface area (Å²) in [6.07, 6.45) is 8.84. The number of ether oxygens (including phenoxy) is 5. The van der Waals surface area contributed by atoms with Gasteiger partial charge < -0.3 is 28.8 Å². The number of unbranched alkanes of at least 4 members (excludes halogenated alkanes) is 6. The van der Waals surface area contributed by atoms with Gasteiger partial charge in [0.05, 0.1) is 38.4 Å². The van der Waals surface area contributed by atoms with Crippen LogP contribution in [0.3, 0.4) is 0 Å². The van der Waals surface area contributed by atoms with Crippen molar-refractivity contribution in [3.05, 3.63) is 0 Å². The highest BCUT2D eigenvalue weighted by Crippen LogP contribution is 2.19. The van der Waals surface area contributed by atoms with Crippen LogP contribution in [0.25, 0.3) is 0 Å². The van der Waals surface area contributed by atoms with Crippen LogP contribution in [-0.2, 0) is 33.3 Å². The van der Waals surface area contributed by atoms with Gasteiger partial charge in [0.1, 0.15) is 0 Å². The van der Waals surface area contributed by atoms with Crippen molar-refractivity contribution >= 4 is 11.9 Å². The highest BCUT2D eigenvalue weighted by molar-refractivity contribution is 5.73. The Morgan fingerprint density at radius 1 is 0.706 bits per heavy atom. The Morgan fingerprint density at radius 2 is 1.26 bits per heavy atom. The molecule has 0 fully saturated rings. The summed E-state index contributed by atoms with van der Waals surface area (Å²) in [7, 11) is 0. The number of aliphatic carboxylic acids is 1. The maximum Gasteiger partial charge on any atom is 0.313 e. The molecule has 3 atom stereocenters. The fraction of sp³-hybridized carbons (Fsp3) is 0.923. The fourth-order valence-electron chi connectivity index (χ4n) is 3.45. The van der Waals surface area contributed by atoms with E-state index in [-0.39, 0.29) is 6.42 Å². The molecule has 0 aliphatic heterocycles. The van der Waals surface area contributed by atoms with Crippen LogP contribution in [0, 0.1) is 5.92 Å². The molecule has 0 aliphatic rings. The number of carboxylic acid groups (broad SMARTS) is 1. The number of carbonyl (C=O) groups excluding carboxylic acids is 1. The van der Waals surface area contributed by atoms with Gasteiger partial charge in [0, 0.05) is 19.6 Å². The summed E-state index contributed by atoms with van der Waals surface area (Å²) in [6.45, 7) is 10.9. The largest absolute Gasteiger partial charge is 0.481 e. The summed E-state index contributed by atoms with van der Waals surface area (Å²) < 4.78 is 27.9. The molecule has 0 radical (unpaired) electrons. The number of carbonyl (C=O) groups is 2. The Balaban J connectivity index is 4.29. The fourth-order valence-corrected chi connectivity index (χ4v) is 3.45. The summed E-state index contributed by atoms with van der Waals surface area (Å²) in [5, 5.41) is 8.93. The predicted octanol–water partition coefficient (Wildman–Crippen LogP) is 5.36. The van der Waals surface area contributed by atoms with E-state index in [1.54, 1.807) is 6.92 Å². The minimum Gasteiger partial charge on any atom is -0.481 e. The molecule has 0 bridgehead atoms. The number of rotatable bonds is 25. The van der Waals surface area contributed by atoms with Gasteiger partial charge in [-0.05, 0) is 39.5 Å². The van der Waals surface area contributed by atoms with Crippen LogP contribution in [0.1, 0.15) is 98.3 Å². The predicted molar refractivity (Wildman–Crippen MR) is 132 cm³/mol. The van der Waals surface area contributed by atoms with Gasteiger partial charge in [-0.1, -0.05) is 52.4 Å². The Bertz CT molecular complexity index is 485. The lowest BCUT2D eigenvalue weighted by Gasteiger charge is -2.24.